The van der Waals surface area contributed by atoms with E-state index in [-0.39, 0.29) is 0 Å². The number of benzene rings is 2. The minimum absolute atomic E-state index is 0.445. The highest BCUT2D eigenvalue weighted by Gasteiger charge is 2.12. The van der Waals surface area contributed by atoms with Gasteiger partial charge in [0.1, 0.15) is 17.6 Å². The molecule has 2 N–H and O–H groups in total. The van der Waals surface area contributed by atoms with Gasteiger partial charge in [0.25, 0.3) is 0 Å². The van der Waals surface area contributed by atoms with Crippen LogP contribution in [0.4, 0.5) is 5.82 Å². The van der Waals surface area contributed by atoms with Gasteiger partial charge in [0.15, 0.2) is 5.82 Å². The Morgan fingerprint density at radius 3 is 2.59 bits per heavy atom. The van der Waals surface area contributed by atoms with Crippen molar-refractivity contribution in [3.8, 4) is 11.4 Å². The number of pyridine rings is 1. The molecule has 0 aliphatic rings. The van der Waals surface area contributed by atoms with Crippen molar-refractivity contribution >= 4 is 27.8 Å². The van der Waals surface area contributed by atoms with Crippen LogP contribution >= 0.6 is 0 Å². The first-order chi connectivity index (χ1) is 10.8. The number of nitrogens with zero attached hydrogens (tertiary/aromatic N) is 3. The van der Waals surface area contributed by atoms with Crippen molar-refractivity contribution in [2.45, 2.75) is 0 Å². The number of aromatic nitrogens is 3. The highest BCUT2D eigenvalue weighted by atomic mass is 16.5. The molecule has 0 saturated carbocycles. The third-order valence-electron chi connectivity index (χ3n) is 3.76. The first kappa shape index (κ1) is 12.6. The third-order valence-corrected chi connectivity index (χ3v) is 3.76. The molecule has 0 radical (unpaired) electrons. The maximum atomic E-state index is 6.05. The van der Waals surface area contributed by atoms with Crippen LogP contribution in [0.2, 0.25) is 0 Å². The fourth-order valence-corrected chi connectivity index (χ4v) is 2.69. The Bertz CT molecular complexity index is 973. The summed E-state index contributed by atoms with van der Waals surface area (Å²) in [5.41, 5.74) is 9.60. The number of imidazole rings is 1. The summed E-state index contributed by atoms with van der Waals surface area (Å²) in [6.07, 6.45) is 1.77. The van der Waals surface area contributed by atoms with Crippen molar-refractivity contribution in [1.82, 2.24) is 14.5 Å². The number of nitrogens with two attached hydrogens (primary N) is 1. The molecule has 0 aliphatic carbocycles. The van der Waals surface area contributed by atoms with Crippen molar-refractivity contribution < 1.29 is 4.74 Å². The van der Waals surface area contributed by atoms with Crippen LogP contribution in [0.15, 0.2) is 54.9 Å². The molecule has 2 aromatic carbocycles. The van der Waals surface area contributed by atoms with Gasteiger partial charge in [0.2, 0.25) is 0 Å². The fraction of sp³-hybridized carbons (Fsp3) is 0.0588. The Morgan fingerprint density at radius 2 is 1.82 bits per heavy atom. The summed E-state index contributed by atoms with van der Waals surface area (Å²) in [5, 5.41) is 1.03. The van der Waals surface area contributed by atoms with Crippen molar-refractivity contribution in [3.05, 3.63) is 54.9 Å². The Labute approximate surface area is 127 Å². The molecule has 2 aromatic heterocycles. The van der Waals surface area contributed by atoms with Gasteiger partial charge in [-0.15, -0.1) is 0 Å². The number of nitrogen functional groups attached to an aromatic ring is 1. The van der Waals surface area contributed by atoms with Gasteiger partial charge in [-0.05, 0) is 30.3 Å². The normalized spacial score (nSPS) is 11.1. The summed E-state index contributed by atoms with van der Waals surface area (Å²) in [7, 11) is 1.65. The molecule has 0 saturated heterocycles. The van der Waals surface area contributed by atoms with E-state index >= 15 is 0 Å². The number of rotatable bonds is 2. The molecule has 2 heterocycles. The zero-order chi connectivity index (χ0) is 15.1. The number of para-hydroxylation sites is 1. The smallest absolute Gasteiger partial charge is 0.152 e. The topological polar surface area (TPSA) is 66.0 Å². The zero-order valence-corrected chi connectivity index (χ0v) is 12.0. The number of hydrogen-bond donors (Lipinski definition) is 1. The lowest BCUT2D eigenvalue weighted by Crippen LogP contribution is -1.96. The molecule has 4 rings (SSSR count). The van der Waals surface area contributed by atoms with Gasteiger partial charge in [-0.25, -0.2) is 9.97 Å². The van der Waals surface area contributed by atoms with Crippen LogP contribution in [-0.4, -0.2) is 21.6 Å². The summed E-state index contributed by atoms with van der Waals surface area (Å²) in [4.78, 5) is 8.85. The Morgan fingerprint density at radius 1 is 1.05 bits per heavy atom. The van der Waals surface area contributed by atoms with Crippen LogP contribution in [0.3, 0.4) is 0 Å². The zero-order valence-electron chi connectivity index (χ0n) is 12.0. The van der Waals surface area contributed by atoms with Crippen molar-refractivity contribution in [1.29, 1.82) is 0 Å². The summed E-state index contributed by atoms with van der Waals surface area (Å²) < 4.78 is 7.23. The molecular weight excluding hydrogens is 276 g/mol. The highest BCUT2D eigenvalue weighted by molar-refractivity contribution is 6.06. The average molecular weight is 290 g/mol. The number of methoxy groups -OCH3 is 1. The quantitative estimate of drug-likeness (QED) is 0.616. The van der Waals surface area contributed by atoms with Crippen LogP contribution < -0.4 is 10.5 Å². The van der Waals surface area contributed by atoms with Gasteiger partial charge in [0.05, 0.1) is 18.1 Å². The van der Waals surface area contributed by atoms with Crippen LogP contribution in [0.5, 0.6) is 5.75 Å². The van der Waals surface area contributed by atoms with Crippen molar-refractivity contribution in [3.63, 3.8) is 0 Å². The monoisotopic (exact) mass is 290 g/mol. The van der Waals surface area contributed by atoms with Gasteiger partial charge >= 0.3 is 0 Å². The second-order valence-electron chi connectivity index (χ2n) is 5.02. The van der Waals surface area contributed by atoms with Crippen LogP contribution in [-0.2, 0) is 0 Å². The fourth-order valence-electron chi connectivity index (χ4n) is 2.69. The van der Waals surface area contributed by atoms with Crippen LogP contribution in [0.25, 0.3) is 27.6 Å². The molecule has 0 bridgehead atoms. The van der Waals surface area contributed by atoms with E-state index in [4.69, 9.17) is 10.5 Å². The largest absolute Gasteiger partial charge is 0.497 e. The Hall–Kier alpha value is -3.08. The molecule has 0 atom stereocenters. The lowest BCUT2D eigenvalue weighted by Gasteiger charge is -2.08. The van der Waals surface area contributed by atoms with Gasteiger partial charge in [0, 0.05) is 11.1 Å². The molecule has 4 aromatic rings. The molecule has 0 fully saturated rings. The molecule has 5 nitrogen and oxygen atoms in total. The standard InChI is InChI=1S/C17H14N4O/c1-22-12-8-6-11(7-9-12)21-10-19-15-16(21)13-4-2-3-5-14(13)20-17(15)18/h2-10H,1H3,(H2,18,20). The second-order valence-corrected chi connectivity index (χ2v) is 5.02. The average Bonchev–Trinajstić information content (AvgIpc) is 3.01. The molecule has 22 heavy (non-hydrogen) atoms. The maximum Gasteiger partial charge on any atom is 0.152 e. The predicted octanol–water partition coefficient (Wildman–Crippen LogP) is 3.16. The highest BCUT2D eigenvalue weighted by Crippen LogP contribution is 2.29. The molecule has 5 heteroatoms. The van der Waals surface area contributed by atoms with E-state index in [2.05, 4.69) is 9.97 Å². The first-order valence-corrected chi connectivity index (χ1v) is 6.93. The summed E-state index contributed by atoms with van der Waals surface area (Å²) in [6, 6.07) is 15.8. The lowest BCUT2D eigenvalue weighted by molar-refractivity contribution is 0.415. The Kier molecular flexibility index (Phi) is 2.72. The summed E-state index contributed by atoms with van der Waals surface area (Å²) in [5.74, 6) is 1.26. The van der Waals surface area contributed by atoms with Gasteiger partial charge in [-0.2, -0.15) is 0 Å². The van der Waals surface area contributed by atoms with E-state index in [0.717, 1.165) is 33.4 Å². The van der Waals surface area contributed by atoms with E-state index in [1.807, 2.05) is 53.1 Å². The van der Waals surface area contributed by atoms with E-state index in [1.54, 1.807) is 13.4 Å². The van der Waals surface area contributed by atoms with E-state index in [1.165, 1.54) is 0 Å². The third kappa shape index (κ3) is 1.79. The summed E-state index contributed by atoms with van der Waals surface area (Å²) >= 11 is 0. The van der Waals surface area contributed by atoms with Gasteiger partial charge in [-0.3, -0.25) is 4.57 Å². The van der Waals surface area contributed by atoms with Crippen LogP contribution in [0, 0.1) is 0 Å². The minimum Gasteiger partial charge on any atom is -0.497 e. The van der Waals surface area contributed by atoms with E-state index in [9.17, 15) is 0 Å². The maximum absolute atomic E-state index is 6.05. The van der Waals surface area contributed by atoms with E-state index < -0.39 is 0 Å². The van der Waals surface area contributed by atoms with Crippen molar-refractivity contribution in [2.75, 3.05) is 12.8 Å². The van der Waals surface area contributed by atoms with E-state index in [0.29, 0.717) is 5.82 Å². The number of hydrogen-bond acceptors (Lipinski definition) is 4. The van der Waals surface area contributed by atoms with Crippen molar-refractivity contribution in [2.24, 2.45) is 0 Å². The summed E-state index contributed by atoms with van der Waals surface area (Å²) in [6.45, 7) is 0. The number of ether oxygens (including phenoxy) is 1. The predicted molar refractivity (Wildman–Crippen MR) is 87.3 cm³/mol. The molecular formula is C17H14N4O. The molecule has 0 spiro atoms. The van der Waals surface area contributed by atoms with Gasteiger partial charge in [-0.1, -0.05) is 18.2 Å². The molecule has 0 aliphatic heterocycles. The first-order valence-electron chi connectivity index (χ1n) is 6.93. The second kappa shape index (κ2) is 4.73. The number of anilines is 1. The SMILES string of the molecule is COc1ccc(-n2cnc3c(N)nc4ccccc4c32)cc1. The lowest BCUT2D eigenvalue weighted by atomic mass is 10.2. The Balaban J connectivity index is 2.05. The number of fused-ring (bicyclic) bond motifs is 3. The van der Waals surface area contributed by atoms with Crippen LogP contribution in [0.1, 0.15) is 0 Å². The molecule has 108 valence electrons. The minimum atomic E-state index is 0.445. The molecule has 0 unspecified atom stereocenters. The molecule has 0 amide bonds. The van der Waals surface area contributed by atoms with Gasteiger partial charge < -0.3 is 10.5 Å².